The van der Waals surface area contributed by atoms with Crippen LogP contribution in [0.25, 0.3) is 76.7 Å². The van der Waals surface area contributed by atoms with Crippen molar-refractivity contribution >= 4 is 31.5 Å². The van der Waals surface area contributed by atoms with Crippen LogP contribution in [0.3, 0.4) is 0 Å². The standard InChI is InChI=1S/C37H23N5S/c1-3-8-26(9-4-1)35-40-36(27-10-5-2-6-11-27)42-37(41-35)29-13-7-12-28(22-29)24-14-16-25(17-15-24)33-34-31(19-21-39-33)30-18-20-38-23-32(30)43-34/h1-23H. The maximum atomic E-state index is 4.90. The third-order valence-corrected chi connectivity index (χ3v) is 8.67. The molecule has 0 aliphatic rings. The highest BCUT2D eigenvalue weighted by Gasteiger charge is 2.14. The van der Waals surface area contributed by atoms with E-state index in [4.69, 9.17) is 19.9 Å². The zero-order valence-electron chi connectivity index (χ0n) is 22.9. The predicted molar refractivity (Wildman–Crippen MR) is 175 cm³/mol. The fourth-order valence-corrected chi connectivity index (χ4v) is 6.54. The van der Waals surface area contributed by atoms with Gasteiger partial charge in [0.2, 0.25) is 0 Å². The van der Waals surface area contributed by atoms with Gasteiger partial charge in [-0.25, -0.2) is 15.0 Å². The molecule has 6 heteroatoms. The van der Waals surface area contributed by atoms with Crippen molar-refractivity contribution in [2.24, 2.45) is 0 Å². The van der Waals surface area contributed by atoms with Gasteiger partial charge >= 0.3 is 0 Å². The number of benzene rings is 4. The van der Waals surface area contributed by atoms with E-state index in [9.17, 15) is 0 Å². The van der Waals surface area contributed by atoms with Gasteiger partial charge in [0.1, 0.15) is 0 Å². The first-order valence-corrected chi connectivity index (χ1v) is 14.8. The Morgan fingerprint density at radius 1 is 0.442 bits per heavy atom. The summed E-state index contributed by atoms with van der Waals surface area (Å²) in [6.45, 7) is 0. The smallest absolute Gasteiger partial charge is 0.164 e. The summed E-state index contributed by atoms with van der Waals surface area (Å²) >= 11 is 1.74. The van der Waals surface area contributed by atoms with Crippen molar-refractivity contribution in [2.75, 3.05) is 0 Å². The van der Waals surface area contributed by atoms with Crippen LogP contribution in [0.5, 0.6) is 0 Å². The Balaban J connectivity index is 1.18. The van der Waals surface area contributed by atoms with Crippen molar-refractivity contribution in [3.63, 3.8) is 0 Å². The molecule has 0 N–H and O–H groups in total. The summed E-state index contributed by atoms with van der Waals surface area (Å²) in [7, 11) is 0. The molecule has 0 amide bonds. The number of thiophene rings is 1. The molecule has 43 heavy (non-hydrogen) atoms. The second kappa shape index (κ2) is 10.7. The average Bonchev–Trinajstić information content (AvgIpc) is 3.48. The quantitative estimate of drug-likeness (QED) is 0.207. The predicted octanol–water partition coefficient (Wildman–Crippen LogP) is 9.36. The van der Waals surface area contributed by atoms with E-state index in [0.29, 0.717) is 17.5 Å². The van der Waals surface area contributed by atoms with Gasteiger partial charge in [0.15, 0.2) is 17.5 Å². The zero-order chi connectivity index (χ0) is 28.6. The van der Waals surface area contributed by atoms with Crippen LogP contribution in [0.4, 0.5) is 0 Å². The molecule has 8 aromatic rings. The van der Waals surface area contributed by atoms with Crippen molar-refractivity contribution in [2.45, 2.75) is 0 Å². The Kier molecular flexibility index (Phi) is 6.24. The SMILES string of the molecule is c1ccc(-c2nc(-c3ccccc3)nc(-c3cccc(-c4ccc(-c5nccc6c5sc5cnccc56)cc4)c3)n2)cc1. The number of hydrogen-bond acceptors (Lipinski definition) is 6. The normalized spacial score (nSPS) is 11.3. The van der Waals surface area contributed by atoms with E-state index < -0.39 is 0 Å². The Hall–Kier alpha value is -5.59. The first-order valence-electron chi connectivity index (χ1n) is 14.0. The molecule has 4 aromatic carbocycles. The molecule has 0 spiro atoms. The third-order valence-electron chi connectivity index (χ3n) is 7.50. The van der Waals surface area contributed by atoms with Crippen LogP contribution in [0.1, 0.15) is 0 Å². The highest BCUT2D eigenvalue weighted by atomic mass is 32.1. The van der Waals surface area contributed by atoms with E-state index in [-0.39, 0.29) is 0 Å². The van der Waals surface area contributed by atoms with Crippen molar-refractivity contribution in [3.05, 3.63) is 140 Å². The van der Waals surface area contributed by atoms with Gasteiger partial charge in [-0.05, 0) is 29.3 Å². The molecule has 202 valence electrons. The minimum absolute atomic E-state index is 0.640. The molecular weight excluding hydrogens is 547 g/mol. The van der Waals surface area contributed by atoms with Crippen molar-refractivity contribution in [1.29, 1.82) is 0 Å². The summed E-state index contributed by atoms with van der Waals surface area (Å²) in [6.07, 6.45) is 5.67. The Bertz CT molecular complexity index is 2170. The number of nitrogens with zero attached hydrogens (tertiary/aromatic N) is 5. The number of aromatic nitrogens is 5. The number of pyridine rings is 2. The molecule has 0 saturated carbocycles. The van der Waals surface area contributed by atoms with Crippen LogP contribution >= 0.6 is 11.3 Å². The summed E-state index contributed by atoms with van der Waals surface area (Å²) in [4.78, 5) is 23.7. The lowest BCUT2D eigenvalue weighted by molar-refractivity contribution is 1.07. The van der Waals surface area contributed by atoms with Gasteiger partial charge in [-0.2, -0.15) is 0 Å². The third kappa shape index (κ3) is 4.74. The monoisotopic (exact) mass is 569 g/mol. The fourth-order valence-electron chi connectivity index (χ4n) is 5.36. The first-order chi connectivity index (χ1) is 21.3. The van der Waals surface area contributed by atoms with Gasteiger partial charge in [0.25, 0.3) is 0 Å². The van der Waals surface area contributed by atoms with Crippen molar-refractivity contribution in [3.8, 4) is 56.5 Å². The van der Waals surface area contributed by atoms with Crippen molar-refractivity contribution < 1.29 is 0 Å². The molecule has 4 aromatic heterocycles. The van der Waals surface area contributed by atoms with Crippen LogP contribution in [-0.2, 0) is 0 Å². The zero-order valence-corrected chi connectivity index (χ0v) is 23.7. The molecule has 0 aliphatic heterocycles. The van der Waals surface area contributed by atoms with E-state index in [2.05, 4.69) is 65.6 Å². The second-order valence-electron chi connectivity index (χ2n) is 10.2. The van der Waals surface area contributed by atoms with E-state index in [0.717, 1.165) is 39.1 Å². The van der Waals surface area contributed by atoms with Crippen LogP contribution < -0.4 is 0 Å². The highest BCUT2D eigenvalue weighted by Crippen LogP contribution is 2.38. The average molecular weight is 570 g/mol. The Labute approximate surface area is 252 Å². The molecule has 0 unspecified atom stereocenters. The maximum Gasteiger partial charge on any atom is 0.164 e. The van der Waals surface area contributed by atoms with Crippen LogP contribution in [-0.4, -0.2) is 24.9 Å². The minimum atomic E-state index is 0.640. The van der Waals surface area contributed by atoms with Gasteiger partial charge < -0.3 is 0 Å². The fraction of sp³-hybridized carbons (Fsp3) is 0. The first kappa shape index (κ1) is 25.1. The van der Waals surface area contributed by atoms with Crippen LogP contribution in [0, 0.1) is 0 Å². The summed E-state index contributed by atoms with van der Waals surface area (Å²) in [6, 6.07) is 41.2. The number of fused-ring (bicyclic) bond motifs is 3. The van der Waals surface area contributed by atoms with E-state index in [1.54, 1.807) is 11.3 Å². The molecule has 8 rings (SSSR count). The molecule has 0 atom stereocenters. The van der Waals surface area contributed by atoms with Crippen LogP contribution in [0.2, 0.25) is 0 Å². The largest absolute Gasteiger partial charge is 0.263 e. The summed E-state index contributed by atoms with van der Waals surface area (Å²) < 4.78 is 2.35. The summed E-state index contributed by atoms with van der Waals surface area (Å²) in [5.74, 6) is 1.94. The molecule has 5 nitrogen and oxygen atoms in total. The van der Waals surface area contributed by atoms with E-state index in [1.165, 1.54) is 20.2 Å². The van der Waals surface area contributed by atoms with Crippen LogP contribution in [0.15, 0.2) is 140 Å². The van der Waals surface area contributed by atoms with Gasteiger partial charge in [-0.3, -0.25) is 9.97 Å². The topological polar surface area (TPSA) is 64.5 Å². The van der Waals surface area contributed by atoms with Crippen molar-refractivity contribution in [1.82, 2.24) is 24.9 Å². The molecule has 0 bridgehead atoms. The molecule has 0 saturated heterocycles. The lowest BCUT2D eigenvalue weighted by Gasteiger charge is -2.10. The molecular formula is C37H23N5S. The van der Waals surface area contributed by atoms with E-state index >= 15 is 0 Å². The number of rotatable bonds is 5. The molecule has 4 heterocycles. The van der Waals surface area contributed by atoms with Gasteiger partial charge in [-0.1, -0.05) is 103 Å². The lowest BCUT2D eigenvalue weighted by Crippen LogP contribution is -2.00. The molecule has 0 fully saturated rings. The van der Waals surface area contributed by atoms with Gasteiger partial charge in [0, 0.05) is 51.6 Å². The second-order valence-corrected chi connectivity index (χ2v) is 11.3. The van der Waals surface area contributed by atoms with Gasteiger partial charge in [0.05, 0.1) is 15.1 Å². The molecule has 0 aliphatic carbocycles. The Morgan fingerprint density at radius 3 is 1.72 bits per heavy atom. The van der Waals surface area contributed by atoms with Gasteiger partial charge in [-0.15, -0.1) is 11.3 Å². The number of hydrogen-bond donors (Lipinski definition) is 0. The van der Waals surface area contributed by atoms with E-state index in [1.807, 2.05) is 79.3 Å². The highest BCUT2D eigenvalue weighted by molar-refractivity contribution is 7.26. The lowest BCUT2D eigenvalue weighted by atomic mass is 10.00. The Morgan fingerprint density at radius 2 is 1.02 bits per heavy atom. The summed E-state index contributed by atoms with van der Waals surface area (Å²) in [5, 5.41) is 2.43. The molecule has 0 radical (unpaired) electrons. The minimum Gasteiger partial charge on any atom is -0.263 e. The summed E-state index contributed by atoms with van der Waals surface area (Å²) in [5.41, 5.74) is 7.12. The maximum absolute atomic E-state index is 4.90.